The molecule has 0 aliphatic carbocycles. The molecule has 112 valence electrons. The Bertz CT molecular complexity index is 487. The van der Waals surface area contributed by atoms with E-state index in [1.807, 2.05) is 31.9 Å². The minimum Gasteiger partial charge on any atom is -0.372 e. The zero-order valence-corrected chi connectivity index (χ0v) is 13.0. The van der Waals surface area contributed by atoms with Crippen molar-refractivity contribution in [2.24, 2.45) is 11.7 Å². The molecule has 1 aliphatic rings. The first kappa shape index (κ1) is 15.3. The van der Waals surface area contributed by atoms with Crippen LogP contribution in [0.5, 0.6) is 0 Å². The van der Waals surface area contributed by atoms with Crippen LogP contribution in [0.2, 0.25) is 0 Å². The van der Waals surface area contributed by atoms with E-state index in [1.54, 1.807) is 12.1 Å². The topological polar surface area (TPSA) is 38.5 Å². The van der Waals surface area contributed by atoms with E-state index in [9.17, 15) is 4.39 Å². The summed E-state index contributed by atoms with van der Waals surface area (Å²) in [5.41, 5.74) is 6.27. The third-order valence-corrected chi connectivity index (χ3v) is 4.39. The van der Waals surface area contributed by atoms with Gasteiger partial charge in [0.25, 0.3) is 0 Å². The number of hydrogen-bond acceptors (Lipinski definition) is 3. The van der Waals surface area contributed by atoms with Crippen molar-refractivity contribution in [1.29, 1.82) is 0 Å². The summed E-state index contributed by atoms with van der Waals surface area (Å²) in [6.45, 7) is 8.81. The maximum Gasteiger partial charge on any atom is 0.146 e. The lowest BCUT2D eigenvalue weighted by Gasteiger charge is -2.32. The summed E-state index contributed by atoms with van der Waals surface area (Å²) in [6.07, 6.45) is 0. The zero-order valence-electron chi connectivity index (χ0n) is 13.0. The largest absolute Gasteiger partial charge is 0.372 e. The van der Waals surface area contributed by atoms with Crippen molar-refractivity contribution in [2.75, 3.05) is 18.5 Å². The Labute approximate surface area is 120 Å². The van der Waals surface area contributed by atoms with Crippen LogP contribution >= 0.6 is 0 Å². The molecule has 2 unspecified atom stereocenters. The molecule has 2 atom stereocenters. The molecule has 2 N–H and O–H groups in total. The lowest BCUT2D eigenvalue weighted by atomic mass is 9.82. The lowest BCUT2D eigenvalue weighted by Crippen LogP contribution is -2.47. The first-order chi connectivity index (χ1) is 9.15. The van der Waals surface area contributed by atoms with Crippen LogP contribution in [0.3, 0.4) is 0 Å². The van der Waals surface area contributed by atoms with Crippen LogP contribution in [0.15, 0.2) is 24.3 Å². The summed E-state index contributed by atoms with van der Waals surface area (Å²) in [6, 6.07) is 6.73. The van der Waals surface area contributed by atoms with Crippen molar-refractivity contribution in [3.05, 3.63) is 30.1 Å². The van der Waals surface area contributed by atoms with E-state index in [-0.39, 0.29) is 29.0 Å². The first-order valence-electron chi connectivity index (χ1n) is 7.06. The number of hydrogen-bond donors (Lipinski definition) is 1. The molecule has 0 saturated carbocycles. The lowest BCUT2D eigenvalue weighted by molar-refractivity contribution is -0.0756. The number of benzene rings is 1. The second kappa shape index (κ2) is 5.01. The molecule has 0 aromatic heterocycles. The average molecular weight is 280 g/mol. The Morgan fingerprint density at radius 3 is 2.30 bits per heavy atom. The van der Waals surface area contributed by atoms with Gasteiger partial charge in [-0.05, 0) is 39.8 Å². The maximum atomic E-state index is 13.9. The first-order valence-corrected chi connectivity index (χ1v) is 7.06. The third kappa shape index (κ3) is 2.67. The molecule has 1 aromatic carbocycles. The predicted molar refractivity (Wildman–Crippen MR) is 80.4 cm³/mol. The fraction of sp³-hybridized carbons (Fsp3) is 0.625. The van der Waals surface area contributed by atoms with Crippen LogP contribution < -0.4 is 10.6 Å². The predicted octanol–water partition coefficient (Wildman–Crippen LogP) is 2.79. The average Bonchev–Trinajstić information content (AvgIpc) is 2.48. The molecule has 0 amide bonds. The number of halogens is 1. The summed E-state index contributed by atoms with van der Waals surface area (Å²) in [4.78, 5) is 1.92. The molecular formula is C16H25FN2O. The molecule has 0 bridgehead atoms. The van der Waals surface area contributed by atoms with E-state index in [2.05, 4.69) is 13.8 Å². The van der Waals surface area contributed by atoms with E-state index in [0.717, 1.165) is 0 Å². The van der Waals surface area contributed by atoms with Crippen molar-refractivity contribution in [3.63, 3.8) is 0 Å². The summed E-state index contributed by atoms with van der Waals surface area (Å²) < 4.78 is 19.9. The Morgan fingerprint density at radius 2 is 1.80 bits per heavy atom. The van der Waals surface area contributed by atoms with Gasteiger partial charge in [0.05, 0.1) is 16.9 Å². The van der Waals surface area contributed by atoms with Gasteiger partial charge in [-0.15, -0.1) is 0 Å². The summed E-state index contributed by atoms with van der Waals surface area (Å²) in [7, 11) is 1.90. The van der Waals surface area contributed by atoms with Gasteiger partial charge in [-0.2, -0.15) is 0 Å². The van der Waals surface area contributed by atoms with Crippen molar-refractivity contribution in [3.8, 4) is 0 Å². The quantitative estimate of drug-likeness (QED) is 0.925. The third-order valence-electron chi connectivity index (χ3n) is 4.39. The normalized spacial score (nSPS) is 27.6. The van der Waals surface area contributed by atoms with E-state index in [4.69, 9.17) is 10.5 Å². The second-order valence-electron chi connectivity index (χ2n) is 6.77. The summed E-state index contributed by atoms with van der Waals surface area (Å²) >= 11 is 0. The Hall–Kier alpha value is -1.13. The standard InChI is InChI=1S/C16H25FN2O/c1-15(2)11(14(18)16(3,4)20-15)10-19(5)13-9-7-6-8-12(13)17/h6-9,11,14H,10,18H2,1-5H3. The molecule has 1 fully saturated rings. The molecule has 4 heteroatoms. The highest BCUT2D eigenvalue weighted by molar-refractivity contribution is 5.47. The van der Waals surface area contributed by atoms with Gasteiger partial charge in [0.2, 0.25) is 0 Å². The van der Waals surface area contributed by atoms with Crippen molar-refractivity contribution < 1.29 is 9.13 Å². The van der Waals surface area contributed by atoms with Crippen LogP contribution in [0.4, 0.5) is 10.1 Å². The molecule has 3 nitrogen and oxygen atoms in total. The molecule has 1 saturated heterocycles. The van der Waals surface area contributed by atoms with E-state index in [0.29, 0.717) is 12.2 Å². The number of nitrogens with zero attached hydrogens (tertiary/aromatic N) is 1. The van der Waals surface area contributed by atoms with E-state index in [1.165, 1.54) is 6.07 Å². The monoisotopic (exact) mass is 280 g/mol. The van der Waals surface area contributed by atoms with Gasteiger partial charge in [0.1, 0.15) is 5.82 Å². The maximum absolute atomic E-state index is 13.9. The van der Waals surface area contributed by atoms with Crippen LogP contribution in [0.1, 0.15) is 27.7 Å². The number of para-hydroxylation sites is 1. The zero-order chi connectivity index (χ0) is 15.1. The van der Waals surface area contributed by atoms with Gasteiger partial charge >= 0.3 is 0 Å². The number of nitrogens with two attached hydrogens (primary N) is 1. The molecule has 0 radical (unpaired) electrons. The second-order valence-corrected chi connectivity index (χ2v) is 6.77. The highest BCUT2D eigenvalue weighted by Crippen LogP contribution is 2.41. The molecule has 1 aliphatic heterocycles. The smallest absolute Gasteiger partial charge is 0.146 e. The molecule has 20 heavy (non-hydrogen) atoms. The summed E-state index contributed by atoms with van der Waals surface area (Å²) in [5.74, 6) is -0.0679. The molecular weight excluding hydrogens is 255 g/mol. The number of ether oxygens (including phenoxy) is 1. The van der Waals surface area contributed by atoms with Crippen molar-refractivity contribution in [2.45, 2.75) is 44.9 Å². The van der Waals surface area contributed by atoms with Gasteiger partial charge in [-0.3, -0.25) is 0 Å². The minimum absolute atomic E-state index is 0.0771. The Balaban J connectivity index is 2.19. The SMILES string of the molecule is CN(CC1C(N)C(C)(C)OC1(C)C)c1ccccc1F. The molecule has 1 heterocycles. The number of anilines is 1. The number of rotatable bonds is 3. The molecule has 1 aromatic rings. The van der Waals surface area contributed by atoms with Crippen LogP contribution in [0.25, 0.3) is 0 Å². The van der Waals surface area contributed by atoms with Crippen LogP contribution in [0, 0.1) is 11.7 Å². The van der Waals surface area contributed by atoms with Gasteiger partial charge in [0.15, 0.2) is 0 Å². The van der Waals surface area contributed by atoms with Gasteiger partial charge in [0, 0.05) is 25.6 Å². The van der Waals surface area contributed by atoms with E-state index >= 15 is 0 Å². The van der Waals surface area contributed by atoms with E-state index < -0.39 is 0 Å². The fourth-order valence-corrected chi connectivity index (χ4v) is 3.23. The minimum atomic E-state index is -0.357. The van der Waals surface area contributed by atoms with Crippen molar-refractivity contribution >= 4 is 5.69 Å². The Morgan fingerprint density at radius 1 is 1.20 bits per heavy atom. The highest BCUT2D eigenvalue weighted by atomic mass is 19.1. The van der Waals surface area contributed by atoms with Gasteiger partial charge in [-0.1, -0.05) is 12.1 Å². The van der Waals surface area contributed by atoms with Crippen LogP contribution in [-0.2, 0) is 4.74 Å². The van der Waals surface area contributed by atoms with Gasteiger partial charge < -0.3 is 15.4 Å². The Kier molecular flexibility index (Phi) is 3.82. The fourth-order valence-electron chi connectivity index (χ4n) is 3.23. The van der Waals surface area contributed by atoms with Gasteiger partial charge in [-0.25, -0.2) is 4.39 Å². The highest BCUT2D eigenvalue weighted by Gasteiger charge is 2.52. The molecule has 2 rings (SSSR count). The van der Waals surface area contributed by atoms with Crippen molar-refractivity contribution in [1.82, 2.24) is 0 Å². The van der Waals surface area contributed by atoms with Crippen LogP contribution in [-0.4, -0.2) is 30.8 Å². The summed E-state index contributed by atoms with van der Waals surface area (Å²) in [5, 5.41) is 0. The molecule has 0 spiro atoms.